The van der Waals surface area contributed by atoms with Gasteiger partial charge in [0.1, 0.15) is 0 Å². The van der Waals surface area contributed by atoms with Crippen molar-refractivity contribution in [3.05, 3.63) is 72.4 Å². The highest BCUT2D eigenvalue weighted by molar-refractivity contribution is 5.72. The second-order valence-corrected chi connectivity index (χ2v) is 6.37. The van der Waals surface area contributed by atoms with Crippen molar-refractivity contribution in [3.63, 3.8) is 0 Å². The molecule has 0 saturated carbocycles. The third-order valence-electron chi connectivity index (χ3n) is 4.17. The van der Waals surface area contributed by atoms with Gasteiger partial charge in [-0.25, -0.2) is 4.68 Å². The van der Waals surface area contributed by atoms with E-state index in [2.05, 4.69) is 35.6 Å². The molecule has 5 nitrogen and oxygen atoms in total. The van der Waals surface area contributed by atoms with Crippen molar-refractivity contribution in [1.29, 1.82) is 0 Å². The molecule has 1 aromatic heterocycles. The Morgan fingerprint density at radius 2 is 1.73 bits per heavy atom. The molecule has 0 aliphatic rings. The predicted molar refractivity (Wildman–Crippen MR) is 104 cm³/mol. The Bertz CT molecular complexity index is 843. The Balaban J connectivity index is 1.85. The molecule has 0 radical (unpaired) electrons. The van der Waals surface area contributed by atoms with E-state index in [-0.39, 0.29) is 5.91 Å². The molecule has 0 aliphatic heterocycles. The smallest absolute Gasteiger partial charge is 0.216 e. The summed E-state index contributed by atoms with van der Waals surface area (Å²) in [5.41, 5.74) is 4.29. The van der Waals surface area contributed by atoms with Crippen molar-refractivity contribution in [2.45, 2.75) is 13.5 Å². The molecule has 1 heterocycles. The summed E-state index contributed by atoms with van der Waals surface area (Å²) in [5.74, 6) is 0.000252. The maximum absolute atomic E-state index is 11.0. The van der Waals surface area contributed by atoms with Gasteiger partial charge in [0.25, 0.3) is 0 Å². The summed E-state index contributed by atoms with van der Waals surface area (Å²) in [4.78, 5) is 13.2. The number of rotatable bonds is 7. The van der Waals surface area contributed by atoms with Crippen LogP contribution in [0.25, 0.3) is 16.9 Å². The molecule has 0 fully saturated rings. The third-order valence-corrected chi connectivity index (χ3v) is 4.17. The number of para-hydroxylation sites is 1. The lowest BCUT2D eigenvalue weighted by molar-refractivity contribution is -0.119. The van der Waals surface area contributed by atoms with Crippen LogP contribution in [0.15, 0.2) is 66.9 Å². The normalized spacial score (nSPS) is 10.9. The fraction of sp³-hybridized carbons (Fsp3) is 0.238. The van der Waals surface area contributed by atoms with Crippen molar-refractivity contribution in [3.8, 4) is 16.9 Å². The first-order valence-electron chi connectivity index (χ1n) is 8.76. The minimum atomic E-state index is 0.000252. The van der Waals surface area contributed by atoms with E-state index in [1.54, 1.807) is 0 Å². The van der Waals surface area contributed by atoms with E-state index in [9.17, 15) is 4.79 Å². The van der Waals surface area contributed by atoms with Crippen LogP contribution in [-0.4, -0.2) is 40.7 Å². The van der Waals surface area contributed by atoms with Gasteiger partial charge in [-0.2, -0.15) is 5.10 Å². The van der Waals surface area contributed by atoms with Crippen LogP contribution < -0.4 is 5.32 Å². The lowest BCUT2D eigenvalue weighted by atomic mass is 10.1. The monoisotopic (exact) mass is 348 g/mol. The van der Waals surface area contributed by atoms with Crippen LogP contribution in [-0.2, 0) is 11.3 Å². The fourth-order valence-electron chi connectivity index (χ4n) is 2.87. The lowest BCUT2D eigenvalue weighted by Gasteiger charge is -2.16. The van der Waals surface area contributed by atoms with E-state index < -0.39 is 0 Å². The maximum Gasteiger partial charge on any atom is 0.216 e. The molecule has 0 aliphatic carbocycles. The SMILES string of the molecule is CC(=O)NCCN(C)Cc1cn(-c2ccccc2)nc1-c1ccccc1. The van der Waals surface area contributed by atoms with Gasteiger partial charge in [-0.15, -0.1) is 0 Å². The summed E-state index contributed by atoms with van der Waals surface area (Å²) < 4.78 is 1.93. The number of likely N-dealkylation sites (N-methyl/N-ethyl adjacent to an activating group) is 1. The summed E-state index contributed by atoms with van der Waals surface area (Å²) in [6.07, 6.45) is 2.09. The second kappa shape index (κ2) is 8.45. The molecular formula is C21H24N4O. The molecule has 5 heteroatoms. The molecule has 0 spiro atoms. The van der Waals surface area contributed by atoms with Crippen LogP contribution >= 0.6 is 0 Å². The largest absolute Gasteiger partial charge is 0.355 e. The first-order valence-corrected chi connectivity index (χ1v) is 8.76. The van der Waals surface area contributed by atoms with Gasteiger partial charge in [-0.05, 0) is 19.2 Å². The van der Waals surface area contributed by atoms with Crippen LogP contribution in [0.2, 0.25) is 0 Å². The maximum atomic E-state index is 11.0. The molecule has 26 heavy (non-hydrogen) atoms. The number of carbonyl (C=O) groups is 1. The fourth-order valence-corrected chi connectivity index (χ4v) is 2.87. The van der Waals surface area contributed by atoms with Gasteiger partial charge in [0.05, 0.1) is 11.4 Å². The Morgan fingerprint density at radius 3 is 2.38 bits per heavy atom. The van der Waals surface area contributed by atoms with E-state index in [0.29, 0.717) is 6.54 Å². The Hall–Kier alpha value is -2.92. The zero-order valence-corrected chi connectivity index (χ0v) is 15.2. The molecule has 1 N–H and O–H groups in total. The van der Waals surface area contributed by atoms with E-state index in [0.717, 1.165) is 35.6 Å². The summed E-state index contributed by atoms with van der Waals surface area (Å²) in [7, 11) is 2.05. The summed E-state index contributed by atoms with van der Waals surface area (Å²) in [5, 5.41) is 7.67. The van der Waals surface area contributed by atoms with E-state index in [1.165, 1.54) is 6.92 Å². The first kappa shape index (κ1) is 17.9. The predicted octanol–water partition coefficient (Wildman–Crippen LogP) is 3.11. The van der Waals surface area contributed by atoms with Crippen molar-refractivity contribution in [1.82, 2.24) is 20.0 Å². The number of hydrogen-bond donors (Lipinski definition) is 1. The number of hydrogen-bond acceptors (Lipinski definition) is 3. The van der Waals surface area contributed by atoms with Gasteiger partial charge in [0.15, 0.2) is 0 Å². The highest BCUT2D eigenvalue weighted by Gasteiger charge is 2.14. The molecule has 2 aromatic carbocycles. The molecular weight excluding hydrogens is 324 g/mol. The molecule has 3 rings (SSSR count). The zero-order valence-electron chi connectivity index (χ0n) is 15.2. The minimum Gasteiger partial charge on any atom is -0.355 e. The van der Waals surface area contributed by atoms with Gasteiger partial charge in [0, 0.05) is 43.9 Å². The number of carbonyl (C=O) groups excluding carboxylic acids is 1. The van der Waals surface area contributed by atoms with Gasteiger partial charge in [0.2, 0.25) is 5.91 Å². The average Bonchev–Trinajstić information content (AvgIpc) is 3.06. The Morgan fingerprint density at radius 1 is 1.08 bits per heavy atom. The standard InChI is InChI=1S/C21H24N4O/c1-17(26)22-13-14-24(2)15-19-16-25(20-11-7-4-8-12-20)23-21(19)18-9-5-3-6-10-18/h3-12,16H,13-15H2,1-2H3,(H,22,26). The lowest BCUT2D eigenvalue weighted by Crippen LogP contribution is -2.31. The van der Waals surface area contributed by atoms with Crippen LogP contribution in [0.5, 0.6) is 0 Å². The number of nitrogens with one attached hydrogen (secondary N) is 1. The highest BCUT2D eigenvalue weighted by Crippen LogP contribution is 2.24. The van der Waals surface area contributed by atoms with Gasteiger partial charge in [-0.1, -0.05) is 48.5 Å². The van der Waals surface area contributed by atoms with Crippen LogP contribution in [0.3, 0.4) is 0 Å². The molecule has 1 amide bonds. The number of amides is 1. The molecule has 134 valence electrons. The molecule has 0 bridgehead atoms. The summed E-state index contributed by atoms with van der Waals surface area (Å²) >= 11 is 0. The van der Waals surface area contributed by atoms with E-state index >= 15 is 0 Å². The Kier molecular flexibility index (Phi) is 5.81. The third kappa shape index (κ3) is 4.58. The van der Waals surface area contributed by atoms with Crippen molar-refractivity contribution >= 4 is 5.91 Å². The second-order valence-electron chi connectivity index (χ2n) is 6.37. The van der Waals surface area contributed by atoms with E-state index in [1.807, 2.05) is 53.2 Å². The highest BCUT2D eigenvalue weighted by atomic mass is 16.1. The summed E-state index contributed by atoms with van der Waals surface area (Å²) in [6.45, 7) is 3.72. The Labute approximate surface area is 154 Å². The van der Waals surface area contributed by atoms with Crippen LogP contribution in [0, 0.1) is 0 Å². The summed E-state index contributed by atoms with van der Waals surface area (Å²) in [6, 6.07) is 20.4. The van der Waals surface area contributed by atoms with E-state index in [4.69, 9.17) is 5.10 Å². The molecule has 3 aromatic rings. The van der Waals surface area contributed by atoms with Crippen molar-refractivity contribution in [2.75, 3.05) is 20.1 Å². The van der Waals surface area contributed by atoms with Crippen molar-refractivity contribution in [2.24, 2.45) is 0 Å². The van der Waals surface area contributed by atoms with Crippen LogP contribution in [0.4, 0.5) is 0 Å². The number of benzene rings is 2. The quantitative estimate of drug-likeness (QED) is 0.714. The topological polar surface area (TPSA) is 50.2 Å². The van der Waals surface area contributed by atoms with Crippen molar-refractivity contribution < 1.29 is 4.79 Å². The number of nitrogens with zero attached hydrogens (tertiary/aromatic N) is 3. The molecule has 0 atom stereocenters. The zero-order chi connectivity index (χ0) is 18.4. The average molecular weight is 348 g/mol. The first-order chi connectivity index (χ1) is 12.6. The van der Waals surface area contributed by atoms with Crippen LogP contribution in [0.1, 0.15) is 12.5 Å². The minimum absolute atomic E-state index is 0.000252. The van der Waals surface area contributed by atoms with Gasteiger partial charge >= 0.3 is 0 Å². The molecule has 0 saturated heterocycles. The number of aromatic nitrogens is 2. The van der Waals surface area contributed by atoms with Gasteiger partial charge < -0.3 is 10.2 Å². The molecule has 0 unspecified atom stereocenters. The van der Waals surface area contributed by atoms with Gasteiger partial charge in [-0.3, -0.25) is 4.79 Å².